The normalized spacial score (nSPS) is 10.5. The molecule has 0 atom stereocenters. The molecule has 0 fully saturated rings. The lowest BCUT2D eigenvalue weighted by molar-refractivity contribution is 0.758. The SMILES string of the molecule is CNCc1nccc(NCc2ccc(Br)s2)n1. The Morgan fingerprint density at radius 3 is 2.88 bits per heavy atom. The van der Waals surface area contributed by atoms with Gasteiger partial charge >= 0.3 is 0 Å². The fourth-order valence-electron chi connectivity index (χ4n) is 1.37. The van der Waals surface area contributed by atoms with Gasteiger partial charge in [0.15, 0.2) is 0 Å². The number of hydrogen-bond acceptors (Lipinski definition) is 5. The molecular weight excluding hydrogens is 300 g/mol. The second-order valence-corrected chi connectivity index (χ2v) is 6.00. The zero-order chi connectivity index (χ0) is 12.1. The van der Waals surface area contributed by atoms with Crippen LogP contribution in [-0.4, -0.2) is 17.0 Å². The molecule has 0 aliphatic heterocycles. The molecule has 0 saturated heterocycles. The first-order chi connectivity index (χ1) is 8.28. The van der Waals surface area contributed by atoms with Crippen LogP contribution in [0.3, 0.4) is 0 Å². The molecule has 0 amide bonds. The van der Waals surface area contributed by atoms with Crippen LogP contribution in [0, 0.1) is 0 Å². The minimum Gasteiger partial charge on any atom is -0.365 e. The lowest BCUT2D eigenvalue weighted by Crippen LogP contribution is -2.10. The van der Waals surface area contributed by atoms with Gasteiger partial charge < -0.3 is 10.6 Å². The standard InChI is InChI=1S/C11H13BrN4S/c1-13-7-11-14-5-4-10(16-11)15-6-8-2-3-9(12)17-8/h2-5,13H,6-7H2,1H3,(H,14,15,16). The van der Waals surface area contributed by atoms with Crippen LogP contribution in [0.2, 0.25) is 0 Å². The van der Waals surface area contributed by atoms with E-state index >= 15 is 0 Å². The van der Waals surface area contributed by atoms with Gasteiger partial charge in [0.05, 0.1) is 16.9 Å². The molecule has 2 aromatic heterocycles. The Bertz CT molecular complexity index is 486. The number of thiophene rings is 1. The van der Waals surface area contributed by atoms with Crippen molar-refractivity contribution in [3.63, 3.8) is 0 Å². The van der Waals surface area contributed by atoms with Gasteiger partial charge in [-0.1, -0.05) is 0 Å². The molecule has 2 N–H and O–H groups in total. The van der Waals surface area contributed by atoms with E-state index in [1.807, 2.05) is 19.2 Å². The molecule has 0 aliphatic rings. The predicted octanol–water partition coefficient (Wildman–Crippen LogP) is 2.63. The highest BCUT2D eigenvalue weighted by atomic mass is 79.9. The lowest BCUT2D eigenvalue weighted by Gasteiger charge is -2.05. The molecule has 6 heteroatoms. The molecule has 2 aromatic rings. The predicted molar refractivity (Wildman–Crippen MR) is 74.1 cm³/mol. The van der Waals surface area contributed by atoms with Gasteiger partial charge in [-0.2, -0.15) is 0 Å². The van der Waals surface area contributed by atoms with E-state index < -0.39 is 0 Å². The average Bonchev–Trinajstić information content (AvgIpc) is 2.74. The molecule has 4 nitrogen and oxygen atoms in total. The Labute approximate surface area is 113 Å². The van der Waals surface area contributed by atoms with Crippen molar-refractivity contribution in [2.45, 2.75) is 13.1 Å². The van der Waals surface area contributed by atoms with Crippen molar-refractivity contribution in [1.29, 1.82) is 0 Å². The molecule has 0 radical (unpaired) electrons. The second-order valence-electron chi connectivity index (χ2n) is 3.45. The smallest absolute Gasteiger partial charge is 0.144 e. The van der Waals surface area contributed by atoms with Gasteiger partial charge in [-0.3, -0.25) is 0 Å². The molecule has 2 heterocycles. The summed E-state index contributed by atoms with van der Waals surface area (Å²) in [5, 5.41) is 6.32. The maximum absolute atomic E-state index is 4.39. The minimum absolute atomic E-state index is 0.681. The molecule has 0 saturated carbocycles. The Hall–Kier alpha value is -0.980. The summed E-state index contributed by atoms with van der Waals surface area (Å²) >= 11 is 5.17. The van der Waals surface area contributed by atoms with E-state index in [2.05, 4.69) is 42.6 Å². The molecule has 0 spiro atoms. The first kappa shape index (κ1) is 12.5. The van der Waals surface area contributed by atoms with Gasteiger partial charge in [-0.05, 0) is 41.2 Å². The second kappa shape index (κ2) is 6.09. The van der Waals surface area contributed by atoms with Crippen molar-refractivity contribution in [2.75, 3.05) is 12.4 Å². The van der Waals surface area contributed by atoms with E-state index in [1.165, 1.54) is 4.88 Å². The van der Waals surface area contributed by atoms with Crippen LogP contribution < -0.4 is 10.6 Å². The Morgan fingerprint density at radius 1 is 1.29 bits per heavy atom. The number of nitrogens with zero attached hydrogens (tertiary/aromatic N) is 2. The van der Waals surface area contributed by atoms with Crippen LogP contribution >= 0.6 is 27.3 Å². The summed E-state index contributed by atoms with van der Waals surface area (Å²) in [7, 11) is 1.88. The van der Waals surface area contributed by atoms with E-state index in [4.69, 9.17) is 0 Å². The highest BCUT2D eigenvalue weighted by Gasteiger charge is 2.00. The van der Waals surface area contributed by atoms with E-state index in [1.54, 1.807) is 17.5 Å². The molecule has 2 rings (SSSR count). The van der Waals surface area contributed by atoms with Crippen molar-refractivity contribution in [1.82, 2.24) is 15.3 Å². The number of rotatable bonds is 5. The lowest BCUT2D eigenvalue weighted by atomic mass is 10.4. The van der Waals surface area contributed by atoms with Crippen molar-refractivity contribution >= 4 is 33.1 Å². The average molecular weight is 313 g/mol. The third kappa shape index (κ3) is 3.76. The minimum atomic E-state index is 0.681. The number of nitrogens with one attached hydrogen (secondary N) is 2. The summed E-state index contributed by atoms with van der Waals surface area (Å²) < 4.78 is 1.15. The third-order valence-corrected chi connectivity index (χ3v) is 3.74. The zero-order valence-electron chi connectivity index (χ0n) is 9.40. The maximum atomic E-state index is 4.39. The highest BCUT2D eigenvalue weighted by Crippen LogP contribution is 2.22. The molecule has 0 unspecified atom stereocenters. The van der Waals surface area contributed by atoms with E-state index in [-0.39, 0.29) is 0 Å². The summed E-state index contributed by atoms with van der Waals surface area (Å²) in [6, 6.07) is 6.02. The third-order valence-electron chi connectivity index (χ3n) is 2.11. The topological polar surface area (TPSA) is 49.8 Å². The summed E-state index contributed by atoms with van der Waals surface area (Å²) in [6.07, 6.45) is 1.77. The molecule has 0 aliphatic carbocycles. The van der Waals surface area contributed by atoms with Gasteiger partial charge in [0.2, 0.25) is 0 Å². The van der Waals surface area contributed by atoms with Gasteiger partial charge in [-0.15, -0.1) is 11.3 Å². The van der Waals surface area contributed by atoms with E-state index in [9.17, 15) is 0 Å². The van der Waals surface area contributed by atoms with E-state index in [0.717, 1.165) is 22.0 Å². The van der Waals surface area contributed by atoms with Crippen LogP contribution in [0.4, 0.5) is 5.82 Å². The van der Waals surface area contributed by atoms with Crippen LogP contribution in [0.15, 0.2) is 28.2 Å². The number of aromatic nitrogens is 2. The fourth-order valence-corrected chi connectivity index (χ4v) is 2.79. The summed E-state index contributed by atoms with van der Waals surface area (Å²) in [4.78, 5) is 9.83. The molecular formula is C11H13BrN4S. The van der Waals surface area contributed by atoms with Crippen LogP contribution in [-0.2, 0) is 13.1 Å². The van der Waals surface area contributed by atoms with Gasteiger partial charge in [0.25, 0.3) is 0 Å². The quantitative estimate of drug-likeness (QED) is 0.891. The van der Waals surface area contributed by atoms with Crippen LogP contribution in [0.5, 0.6) is 0 Å². The van der Waals surface area contributed by atoms with Crippen LogP contribution in [0.25, 0.3) is 0 Å². The van der Waals surface area contributed by atoms with Crippen molar-refractivity contribution in [3.05, 3.63) is 38.9 Å². The van der Waals surface area contributed by atoms with Gasteiger partial charge in [0.1, 0.15) is 11.6 Å². The Morgan fingerprint density at radius 2 is 2.18 bits per heavy atom. The first-order valence-electron chi connectivity index (χ1n) is 5.22. The Balaban J connectivity index is 1.96. The zero-order valence-corrected chi connectivity index (χ0v) is 11.8. The fraction of sp³-hybridized carbons (Fsp3) is 0.273. The van der Waals surface area contributed by atoms with E-state index in [0.29, 0.717) is 6.54 Å². The van der Waals surface area contributed by atoms with Crippen molar-refractivity contribution in [3.8, 4) is 0 Å². The molecule has 90 valence electrons. The molecule has 17 heavy (non-hydrogen) atoms. The van der Waals surface area contributed by atoms with Gasteiger partial charge in [0, 0.05) is 11.1 Å². The number of anilines is 1. The maximum Gasteiger partial charge on any atom is 0.144 e. The molecule has 0 bridgehead atoms. The van der Waals surface area contributed by atoms with Gasteiger partial charge in [-0.25, -0.2) is 9.97 Å². The van der Waals surface area contributed by atoms with Crippen molar-refractivity contribution < 1.29 is 0 Å². The molecule has 0 aromatic carbocycles. The van der Waals surface area contributed by atoms with Crippen molar-refractivity contribution in [2.24, 2.45) is 0 Å². The summed E-state index contributed by atoms with van der Waals surface area (Å²) in [6.45, 7) is 1.46. The largest absolute Gasteiger partial charge is 0.365 e. The monoisotopic (exact) mass is 312 g/mol. The summed E-state index contributed by atoms with van der Waals surface area (Å²) in [5.41, 5.74) is 0. The number of hydrogen-bond donors (Lipinski definition) is 2. The van der Waals surface area contributed by atoms with Crippen LogP contribution in [0.1, 0.15) is 10.7 Å². The summed E-state index contributed by atoms with van der Waals surface area (Å²) in [5.74, 6) is 1.65. The highest BCUT2D eigenvalue weighted by molar-refractivity contribution is 9.11. The first-order valence-corrected chi connectivity index (χ1v) is 6.83. The number of halogens is 1. The Kier molecular flexibility index (Phi) is 4.47.